The minimum Gasteiger partial charge on any atom is -0.342 e. The Hall–Kier alpha value is -1.35. The van der Waals surface area contributed by atoms with Gasteiger partial charge in [0.2, 0.25) is 5.91 Å². The summed E-state index contributed by atoms with van der Waals surface area (Å²) < 4.78 is 0. The van der Waals surface area contributed by atoms with Crippen LogP contribution in [0.5, 0.6) is 0 Å². The lowest BCUT2D eigenvalue weighted by Gasteiger charge is -2.24. The molecule has 0 bridgehead atoms. The number of nitrogens with one attached hydrogen (secondary N) is 1. The van der Waals surface area contributed by atoms with Crippen molar-refractivity contribution in [2.24, 2.45) is 5.92 Å². The van der Waals surface area contributed by atoms with Crippen LogP contribution >= 0.6 is 0 Å². The smallest absolute Gasteiger partial charge is 0.226 e. The van der Waals surface area contributed by atoms with Gasteiger partial charge in [0.05, 0.1) is 0 Å². The van der Waals surface area contributed by atoms with Crippen LogP contribution in [0.25, 0.3) is 0 Å². The molecule has 0 spiro atoms. The molecule has 0 saturated heterocycles. The van der Waals surface area contributed by atoms with Gasteiger partial charge in [0.25, 0.3) is 0 Å². The minimum atomic E-state index is 0.0470. The molecule has 1 rings (SSSR count). The van der Waals surface area contributed by atoms with Gasteiger partial charge >= 0.3 is 0 Å². The summed E-state index contributed by atoms with van der Waals surface area (Å²) in [6, 6.07) is 10.3. The molecule has 100 valence electrons. The normalized spacial score (nSPS) is 12.2. The topological polar surface area (TPSA) is 32.3 Å². The Kier molecular flexibility index (Phi) is 6.44. The lowest BCUT2D eigenvalue weighted by atomic mass is 10.1. The van der Waals surface area contributed by atoms with Crippen LogP contribution in [0.1, 0.15) is 19.4 Å². The summed E-state index contributed by atoms with van der Waals surface area (Å²) in [5.41, 5.74) is 1.28. The van der Waals surface area contributed by atoms with Gasteiger partial charge in [-0.25, -0.2) is 0 Å². The molecule has 18 heavy (non-hydrogen) atoms. The Balaban J connectivity index is 2.49. The van der Waals surface area contributed by atoms with Crippen LogP contribution in [0.15, 0.2) is 30.3 Å². The summed E-state index contributed by atoms with van der Waals surface area (Å²) in [4.78, 5) is 14.1. The molecule has 0 radical (unpaired) electrons. The van der Waals surface area contributed by atoms with E-state index in [-0.39, 0.29) is 11.8 Å². The van der Waals surface area contributed by atoms with Crippen molar-refractivity contribution in [2.45, 2.75) is 20.3 Å². The highest BCUT2D eigenvalue weighted by molar-refractivity contribution is 5.78. The Morgan fingerprint density at radius 1 is 1.33 bits per heavy atom. The Morgan fingerprint density at radius 3 is 2.56 bits per heavy atom. The lowest BCUT2D eigenvalue weighted by molar-refractivity contribution is -0.134. The first kappa shape index (κ1) is 14.7. The lowest BCUT2D eigenvalue weighted by Crippen LogP contribution is -2.39. The number of hydrogen-bond donors (Lipinski definition) is 1. The van der Waals surface area contributed by atoms with Gasteiger partial charge in [0, 0.05) is 25.6 Å². The Bertz CT molecular complexity index is 351. The average molecular weight is 248 g/mol. The number of likely N-dealkylation sites (N-methyl/N-ethyl adjacent to an activating group) is 1. The van der Waals surface area contributed by atoms with Gasteiger partial charge in [0.15, 0.2) is 0 Å². The largest absolute Gasteiger partial charge is 0.342 e. The van der Waals surface area contributed by atoms with E-state index in [4.69, 9.17) is 0 Å². The van der Waals surface area contributed by atoms with Gasteiger partial charge in [-0.05, 0) is 26.0 Å². The second-order valence-electron chi connectivity index (χ2n) is 4.61. The van der Waals surface area contributed by atoms with Crippen LogP contribution in [-0.4, -0.2) is 37.5 Å². The average Bonchev–Trinajstić information content (AvgIpc) is 2.40. The zero-order valence-corrected chi connectivity index (χ0v) is 11.6. The van der Waals surface area contributed by atoms with E-state index in [1.165, 1.54) is 5.56 Å². The molecule has 0 saturated carbocycles. The van der Waals surface area contributed by atoms with E-state index < -0.39 is 0 Å². The van der Waals surface area contributed by atoms with E-state index >= 15 is 0 Å². The fraction of sp³-hybridized carbons (Fsp3) is 0.533. The molecule has 1 aromatic carbocycles. The summed E-state index contributed by atoms with van der Waals surface area (Å²) in [6.07, 6.45) is 0.923. The number of amides is 1. The third-order valence-electron chi connectivity index (χ3n) is 3.14. The number of carbonyl (C=O) groups excluding carboxylic acids is 1. The Morgan fingerprint density at radius 2 is 2.00 bits per heavy atom. The molecule has 0 aliphatic heterocycles. The summed E-state index contributed by atoms with van der Waals surface area (Å²) in [7, 11) is 1.88. The van der Waals surface area contributed by atoms with Crippen molar-refractivity contribution in [1.82, 2.24) is 10.2 Å². The minimum absolute atomic E-state index is 0.0470. The molecule has 0 aliphatic rings. The molecule has 0 aliphatic carbocycles. The highest BCUT2D eigenvalue weighted by Gasteiger charge is 2.18. The third kappa shape index (κ3) is 4.49. The molecular formula is C15H24N2O. The number of hydrogen-bond acceptors (Lipinski definition) is 2. The first-order valence-electron chi connectivity index (χ1n) is 6.66. The number of rotatable bonds is 7. The summed E-state index contributed by atoms with van der Waals surface area (Å²) in [5, 5.41) is 3.05. The maximum absolute atomic E-state index is 12.2. The first-order valence-corrected chi connectivity index (χ1v) is 6.66. The van der Waals surface area contributed by atoms with Crippen LogP contribution in [-0.2, 0) is 11.2 Å². The predicted octanol–water partition coefficient (Wildman–Crippen LogP) is 1.93. The van der Waals surface area contributed by atoms with Gasteiger partial charge in [-0.2, -0.15) is 0 Å². The van der Waals surface area contributed by atoms with Crippen molar-refractivity contribution in [2.75, 3.05) is 26.7 Å². The van der Waals surface area contributed by atoms with Crippen LogP contribution in [0.2, 0.25) is 0 Å². The van der Waals surface area contributed by atoms with E-state index in [9.17, 15) is 4.79 Å². The van der Waals surface area contributed by atoms with Crippen molar-refractivity contribution >= 4 is 5.91 Å². The van der Waals surface area contributed by atoms with E-state index in [1.54, 1.807) is 0 Å². The molecule has 1 N–H and O–H groups in total. The molecule has 3 nitrogen and oxygen atoms in total. The number of benzene rings is 1. The predicted molar refractivity (Wildman–Crippen MR) is 75.5 cm³/mol. The van der Waals surface area contributed by atoms with Crippen molar-refractivity contribution in [3.63, 3.8) is 0 Å². The first-order chi connectivity index (χ1) is 8.69. The van der Waals surface area contributed by atoms with Crippen LogP contribution in [0.3, 0.4) is 0 Å². The van der Waals surface area contributed by atoms with Gasteiger partial charge in [-0.3, -0.25) is 4.79 Å². The second kappa shape index (κ2) is 7.88. The fourth-order valence-electron chi connectivity index (χ4n) is 2.04. The van der Waals surface area contributed by atoms with E-state index in [2.05, 4.69) is 17.4 Å². The van der Waals surface area contributed by atoms with Crippen molar-refractivity contribution in [3.05, 3.63) is 35.9 Å². The van der Waals surface area contributed by atoms with Crippen molar-refractivity contribution in [3.8, 4) is 0 Å². The molecule has 1 amide bonds. The molecular weight excluding hydrogens is 224 g/mol. The monoisotopic (exact) mass is 248 g/mol. The number of nitrogens with zero attached hydrogens (tertiary/aromatic N) is 1. The quantitative estimate of drug-likeness (QED) is 0.799. The molecule has 0 aromatic heterocycles. The van der Waals surface area contributed by atoms with Crippen molar-refractivity contribution < 1.29 is 4.79 Å². The summed E-state index contributed by atoms with van der Waals surface area (Å²) >= 11 is 0. The van der Waals surface area contributed by atoms with Gasteiger partial charge < -0.3 is 10.2 Å². The molecule has 3 heteroatoms. The van der Waals surface area contributed by atoms with Crippen molar-refractivity contribution in [1.29, 1.82) is 0 Å². The molecule has 0 fully saturated rings. The van der Waals surface area contributed by atoms with Gasteiger partial charge in [-0.15, -0.1) is 0 Å². The number of carbonyl (C=O) groups is 1. The SMILES string of the molecule is CCN(CCc1ccccc1)C(=O)C(C)CNC. The van der Waals surface area contributed by atoms with E-state index in [0.29, 0.717) is 0 Å². The maximum Gasteiger partial charge on any atom is 0.226 e. The van der Waals surface area contributed by atoms with E-state index in [1.807, 2.05) is 44.0 Å². The van der Waals surface area contributed by atoms with Crippen LogP contribution < -0.4 is 5.32 Å². The fourth-order valence-corrected chi connectivity index (χ4v) is 2.04. The molecule has 0 heterocycles. The van der Waals surface area contributed by atoms with Gasteiger partial charge in [-0.1, -0.05) is 37.3 Å². The highest BCUT2D eigenvalue weighted by atomic mass is 16.2. The van der Waals surface area contributed by atoms with Gasteiger partial charge in [0.1, 0.15) is 0 Å². The zero-order chi connectivity index (χ0) is 13.4. The molecule has 1 unspecified atom stereocenters. The third-order valence-corrected chi connectivity index (χ3v) is 3.14. The van der Waals surface area contributed by atoms with Crippen LogP contribution in [0, 0.1) is 5.92 Å². The maximum atomic E-state index is 12.2. The van der Waals surface area contributed by atoms with Crippen LogP contribution in [0.4, 0.5) is 0 Å². The molecule has 1 aromatic rings. The summed E-state index contributed by atoms with van der Waals surface area (Å²) in [6.45, 7) is 6.33. The van der Waals surface area contributed by atoms with E-state index in [0.717, 1.165) is 26.1 Å². The zero-order valence-electron chi connectivity index (χ0n) is 11.6. The highest BCUT2D eigenvalue weighted by Crippen LogP contribution is 2.05. The standard InChI is InChI=1S/C15H24N2O/c1-4-17(15(18)13(2)12-16-3)11-10-14-8-6-5-7-9-14/h5-9,13,16H,4,10-12H2,1-3H3. The Labute approximate surface area is 110 Å². The summed E-state index contributed by atoms with van der Waals surface area (Å²) in [5.74, 6) is 0.286. The molecule has 1 atom stereocenters. The second-order valence-corrected chi connectivity index (χ2v) is 4.61.